The van der Waals surface area contributed by atoms with Crippen LogP contribution in [0.25, 0.3) is 0 Å². The number of benzene rings is 1. The first kappa shape index (κ1) is 16.9. The minimum Gasteiger partial charge on any atom is -0.479 e. The summed E-state index contributed by atoms with van der Waals surface area (Å²) < 4.78 is 22.5. The van der Waals surface area contributed by atoms with Crippen molar-refractivity contribution >= 4 is 21.8 Å². The molecular formula is C12H16N2O6S. The summed E-state index contributed by atoms with van der Waals surface area (Å²) in [6.45, 7) is -0.271. The van der Waals surface area contributed by atoms with Gasteiger partial charge in [0.25, 0.3) is 0 Å². The zero-order valence-corrected chi connectivity index (χ0v) is 12.1. The minimum absolute atomic E-state index is 0.138. The molecule has 1 atom stereocenters. The standard InChI is InChI=1S/C12H16N2O6S/c1-21(19,20)9-4-2-8(3-5-9)6-13-12(18)14-7-10(15)11(16)17/h2-5,10,15H,6-7H2,1H3,(H,16,17)(H2,13,14,18)/t10-/m0/s1. The van der Waals surface area contributed by atoms with Crippen molar-refractivity contribution in [2.45, 2.75) is 17.5 Å². The number of carbonyl (C=O) groups excluding carboxylic acids is 1. The van der Waals surface area contributed by atoms with Gasteiger partial charge in [0.05, 0.1) is 11.4 Å². The van der Waals surface area contributed by atoms with E-state index in [1.165, 1.54) is 12.1 Å². The van der Waals surface area contributed by atoms with Gasteiger partial charge in [-0.2, -0.15) is 0 Å². The Bertz CT molecular complexity index is 611. The lowest BCUT2D eigenvalue weighted by Gasteiger charge is -2.09. The third kappa shape index (κ3) is 5.79. The van der Waals surface area contributed by atoms with Crippen molar-refractivity contribution in [1.29, 1.82) is 0 Å². The number of carboxylic acid groups (broad SMARTS) is 1. The number of aliphatic hydroxyl groups is 1. The SMILES string of the molecule is CS(=O)(=O)c1ccc(CNC(=O)NC[C@H](O)C(=O)O)cc1. The molecule has 2 amide bonds. The average Bonchev–Trinajstić information content (AvgIpc) is 2.41. The van der Waals surface area contributed by atoms with E-state index in [0.717, 1.165) is 6.26 Å². The third-order valence-corrected chi connectivity index (χ3v) is 3.67. The summed E-state index contributed by atoms with van der Waals surface area (Å²) in [4.78, 5) is 21.9. The van der Waals surface area contributed by atoms with Crippen molar-refractivity contribution in [2.75, 3.05) is 12.8 Å². The Labute approximate surface area is 121 Å². The fraction of sp³-hybridized carbons (Fsp3) is 0.333. The highest BCUT2D eigenvalue weighted by atomic mass is 32.2. The quantitative estimate of drug-likeness (QED) is 0.550. The highest BCUT2D eigenvalue weighted by Gasteiger charge is 2.13. The van der Waals surface area contributed by atoms with E-state index in [0.29, 0.717) is 5.56 Å². The summed E-state index contributed by atoms with van der Waals surface area (Å²) in [5, 5.41) is 22.0. The van der Waals surface area contributed by atoms with Crippen LogP contribution < -0.4 is 10.6 Å². The molecule has 116 valence electrons. The van der Waals surface area contributed by atoms with Crippen LogP contribution in [0.4, 0.5) is 4.79 Å². The maximum absolute atomic E-state index is 11.3. The summed E-state index contributed by atoms with van der Waals surface area (Å²) in [5.74, 6) is -1.42. The van der Waals surface area contributed by atoms with Crippen LogP contribution in [0.1, 0.15) is 5.56 Å². The molecule has 1 aromatic carbocycles. The van der Waals surface area contributed by atoms with Gasteiger partial charge in [-0.25, -0.2) is 18.0 Å². The maximum Gasteiger partial charge on any atom is 0.334 e. The average molecular weight is 316 g/mol. The van der Waals surface area contributed by atoms with E-state index in [2.05, 4.69) is 10.6 Å². The summed E-state index contributed by atoms with van der Waals surface area (Å²) in [7, 11) is -3.26. The highest BCUT2D eigenvalue weighted by Crippen LogP contribution is 2.09. The van der Waals surface area contributed by atoms with Crippen LogP contribution in [0.15, 0.2) is 29.2 Å². The van der Waals surface area contributed by atoms with Crippen LogP contribution in [-0.4, -0.2) is 49.5 Å². The van der Waals surface area contributed by atoms with Gasteiger partial charge >= 0.3 is 12.0 Å². The number of carbonyl (C=O) groups is 2. The summed E-state index contributed by atoms with van der Waals surface area (Å²) in [5.41, 5.74) is 0.677. The first-order chi connectivity index (χ1) is 9.70. The number of aliphatic carboxylic acids is 1. The van der Waals surface area contributed by atoms with Gasteiger partial charge in [-0.15, -0.1) is 0 Å². The summed E-state index contributed by atoms with van der Waals surface area (Å²) >= 11 is 0. The second kappa shape index (κ2) is 7.04. The number of hydrogen-bond donors (Lipinski definition) is 4. The van der Waals surface area contributed by atoms with Gasteiger partial charge in [-0.3, -0.25) is 0 Å². The van der Waals surface area contributed by atoms with E-state index in [-0.39, 0.29) is 11.4 Å². The number of rotatable bonds is 6. The van der Waals surface area contributed by atoms with Crippen molar-refractivity contribution in [1.82, 2.24) is 10.6 Å². The van der Waals surface area contributed by atoms with E-state index in [1.807, 2.05) is 0 Å². The van der Waals surface area contributed by atoms with Crippen LogP contribution in [0.5, 0.6) is 0 Å². The molecule has 9 heteroatoms. The number of aliphatic hydroxyl groups excluding tert-OH is 1. The lowest BCUT2D eigenvalue weighted by molar-refractivity contribution is -0.146. The van der Waals surface area contributed by atoms with Crippen LogP contribution in [-0.2, 0) is 21.2 Å². The van der Waals surface area contributed by atoms with Crippen LogP contribution in [0.3, 0.4) is 0 Å². The Morgan fingerprint density at radius 3 is 2.24 bits per heavy atom. The molecule has 8 nitrogen and oxygen atoms in total. The van der Waals surface area contributed by atoms with Crippen molar-refractivity contribution in [3.8, 4) is 0 Å². The Morgan fingerprint density at radius 2 is 1.76 bits per heavy atom. The number of amides is 2. The molecule has 0 heterocycles. The molecule has 4 N–H and O–H groups in total. The number of sulfone groups is 1. The minimum atomic E-state index is -3.26. The second-order valence-electron chi connectivity index (χ2n) is 4.33. The molecule has 0 aliphatic heterocycles. The van der Waals surface area contributed by atoms with Crippen molar-refractivity contribution in [3.05, 3.63) is 29.8 Å². The number of hydrogen-bond acceptors (Lipinski definition) is 5. The number of urea groups is 1. The smallest absolute Gasteiger partial charge is 0.334 e. The van der Waals surface area contributed by atoms with Gasteiger partial charge in [0.1, 0.15) is 0 Å². The van der Waals surface area contributed by atoms with Crippen molar-refractivity contribution in [3.63, 3.8) is 0 Å². The first-order valence-corrected chi connectivity index (χ1v) is 7.81. The molecule has 0 aliphatic carbocycles. The van der Waals surface area contributed by atoms with Crippen LogP contribution >= 0.6 is 0 Å². The molecule has 1 aromatic rings. The van der Waals surface area contributed by atoms with Crippen molar-refractivity contribution < 1.29 is 28.2 Å². The molecule has 21 heavy (non-hydrogen) atoms. The van der Waals surface area contributed by atoms with E-state index < -0.39 is 34.5 Å². The fourth-order valence-electron chi connectivity index (χ4n) is 1.38. The molecule has 0 fully saturated rings. The van der Waals surface area contributed by atoms with Crippen molar-refractivity contribution in [2.24, 2.45) is 0 Å². The second-order valence-corrected chi connectivity index (χ2v) is 6.35. The van der Waals surface area contributed by atoms with Crippen LogP contribution in [0.2, 0.25) is 0 Å². The zero-order chi connectivity index (χ0) is 16.0. The van der Waals surface area contributed by atoms with Gasteiger partial charge in [-0.1, -0.05) is 12.1 Å². The lowest BCUT2D eigenvalue weighted by Crippen LogP contribution is -2.41. The Morgan fingerprint density at radius 1 is 1.19 bits per heavy atom. The number of nitrogens with one attached hydrogen (secondary N) is 2. The first-order valence-electron chi connectivity index (χ1n) is 5.91. The largest absolute Gasteiger partial charge is 0.479 e. The monoisotopic (exact) mass is 316 g/mol. The predicted octanol–water partition coefficient (Wildman–Crippen LogP) is -0.665. The Kier molecular flexibility index (Phi) is 5.68. The third-order valence-electron chi connectivity index (χ3n) is 2.55. The predicted molar refractivity (Wildman–Crippen MR) is 73.4 cm³/mol. The van der Waals surface area contributed by atoms with E-state index >= 15 is 0 Å². The summed E-state index contributed by atoms with van der Waals surface area (Å²) in [6.07, 6.45) is -0.564. The Balaban J connectivity index is 2.45. The molecule has 0 spiro atoms. The van der Waals surface area contributed by atoms with E-state index in [4.69, 9.17) is 10.2 Å². The van der Waals surface area contributed by atoms with Gasteiger partial charge in [0.15, 0.2) is 15.9 Å². The number of carboxylic acids is 1. The van der Waals surface area contributed by atoms with Crippen LogP contribution in [0, 0.1) is 0 Å². The maximum atomic E-state index is 11.3. The lowest BCUT2D eigenvalue weighted by atomic mass is 10.2. The molecule has 0 unspecified atom stereocenters. The molecule has 1 rings (SSSR count). The molecule has 0 aromatic heterocycles. The molecular weight excluding hydrogens is 300 g/mol. The van der Waals surface area contributed by atoms with E-state index in [1.54, 1.807) is 12.1 Å². The normalized spacial score (nSPS) is 12.5. The topological polar surface area (TPSA) is 133 Å². The molecule has 0 radical (unpaired) electrons. The van der Waals surface area contributed by atoms with Gasteiger partial charge in [-0.05, 0) is 17.7 Å². The molecule has 0 bridgehead atoms. The molecule has 0 aliphatic rings. The van der Waals surface area contributed by atoms with Gasteiger partial charge < -0.3 is 20.8 Å². The Hall–Kier alpha value is -2.13. The zero-order valence-electron chi connectivity index (χ0n) is 11.2. The fourth-order valence-corrected chi connectivity index (χ4v) is 2.01. The highest BCUT2D eigenvalue weighted by molar-refractivity contribution is 7.90. The van der Waals surface area contributed by atoms with E-state index in [9.17, 15) is 18.0 Å². The van der Waals surface area contributed by atoms with Gasteiger partial charge in [0, 0.05) is 12.8 Å². The molecule has 0 saturated carbocycles. The summed E-state index contributed by atoms with van der Waals surface area (Å²) in [6, 6.07) is 5.34. The van der Waals surface area contributed by atoms with Gasteiger partial charge in [0.2, 0.25) is 0 Å². The molecule has 0 saturated heterocycles.